The van der Waals surface area contributed by atoms with Crippen molar-refractivity contribution in [2.75, 3.05) is 0 Å². The maximum Gasteiger partial charge on any atom is 0.159 e. The average molecular weight is 1860 g/mol. The second kappa shape index (κ2) is 31.1. The normalized spacial score (nSPS) is 12.7. The van der Waals surface area contributed by atoms with E-state index in [0.29, 0.717) is 0 Å². The van der Waals surface area contributed by atoms with Gasteiger partial charge in [-0.05, 0) is 151 Å². The summed E-state index contributed by atoms with van der Waals surface area (Å²) in [5, 5.41) is 20.8. The molecule has 0 saturated carbocycles. The van der Waals surface area contributed by atoms with Gasteiger partial charge in [0.2, 0.25) is 0 Å². The molecule has 0 atom stereocenters. The van der Waals surface area contributed by atoms with Crippen LogP contribution in [0.1, 0.15) is 44.5 Å². The lowest BCUT2D eigenvalue weighted by molar-refractivity contribution is 1.13. The fraction of sp³-hybridized carbons (Fsp3) is 0.0296. The molecular weight excluding hydrogens is 1780 g/mol. The molecule has 11 heteroatoms. The third-order valence-electron chi connectivity index (χ3n) is 32.0. The number of rotatable bonds is 7. The number of aromatic nitrogens is 11. The summed E-state index contributed by atoms with van der Waals surface area (Å²) in [6.45, 7) is 0. The van der Waals surface area contributed by atoms with E-state index in [1.807, 2.05) is 12.4 Å². The summed E-state index contributed by atoms with van der Waals surface area (Å²) < 4.78 is 9.73. The lowest BCUT2D eigenvalue weighted by Crippen LogP contribution is -1.94. The van der Waals surface area contributed by atoms with Crippen molar-refractivity contribution in [1.82, 2.24) is 52.5 Å². The fourth-order valence-electron chi connectivity index (χ4n) is 25.6. The van der Waals surface area contributed by atoms with Crippen molar-refractivity contribution >= 4 is 152 Å². The first-order valence-electron chi connectivity index (χ1n) is 50.3. The second-order valence-corrected chi connectivity index (χ2v) is 39.6. The van der Waals surface area contributed by atoms with Gasteiger partial charge in [0.25, 0.3) is 0 Å². The highest BCUT2D eigenvalue weighted by Crippen LogP contribution is 2.51. The molecule has 31 aromatic rings. The number of pyridine rings is 1. The van der Waals surface area contributed by atoms with Crippen molar-refractivity contribution in [2.24, 2.45) is 0 Å². The molecule has 676 valence electrons. The van der Waals surface area contributed by atoms with Crippen LogP contribution in [0.3, 0.4) is 0 Å². The summed E-state index contributed by atoms with van der Waals surface area (Å²) in [5.41, 5.74) is 49.9. The summed E-state index contributed by atoms with van der Waals surface area (Å²) >= 11 is 0. The molecule has 0 bridgehead atoms. The zero-order chi connectivity index (χ0) is 95.2. The van der Waals surface area contributed by atoms with E-state index in [1.165, 1.54) is 258 Å². The third-order valence-corrected chi connectivity index (χ3v) is 32.0. The Morgan fingerprint density at radius 1 is 0.164 bits per heavy atom. The Kier molecular flexibility index (Phi) is 17.2. The maximum atomic E-state index is 5.02. The molecule has 0 saturated heterocycles. The number of hydrogen-bond acceptors (Lipinski definition) is 7. The van der Waals surface area contributed by atoms with Gasteiger partial charge in [-0.1, -0.05) is 340 Å². The Balaban J connectivity index is 0.0000000874. The van der Waals surface area contributed by atoms with Crippen LogP contribution in [0, 0.1) is 0 Å². The van der Waals surface area contributed by atoms with Crippen LogP contribution in [0.25, 0.3) is 276 Å². The molecule has 0 aliphatic heterocycles. The molecule has 11 nitrogen and oxygen atoms in total. The topological polar surface area (TPSA) is 108 Å². The molecule has 4 aliphatic carbocycles. The average Bonchev–Trinajstić information content (AvgIpc) is 1.56. The monoisotopic (exact) mass is 1860 g/mol. The Bertz CT molecular complexity index is 11000. The van der Waals surface area contributed by atoms with Crippen molar-refractivity contribution in [2.45, 2.75) is 25.7 Å². The third kappa shape index (κ3) is 11.8. The van der Waals surface area contributed by atoms with E-state index >= 15 is 0 Å². The predicted molar refractivity (Wildman–Crippen MR) is 600 cm³/mol. The largest absolute Gasteiger partial charge is 0.308 e. The van der Waals surface area contributed by atoms with E-state index in [0.717, 1.165) is 87.9 Å². The van der Waals surface area contributed by atoms with Crippen LogP contribution in [-0.2, 0) is 25.7 Å². The van der Waals surface area contributed by atoms with E-state index in [4.69, 9.17) is 24.9 Å². The lowest BCUT2D eigenvalue weighted by Gasteiger charge is -2.13. The Morgan fingerprint density at radius 2 is 0.473 bits per heavy atom. The molecule has 0 amide bonds. The molecular formula is C135H81N11. The second-order valence-electron chi connectivity index (χ2n) is 39.6. The summed E-state index contributed by atoms with van der Waals surface area (Å²) in [5.74, 6) is 0.784. The van der Waals surface area contributed by atoms with Crippen LogP contribution >= 0.6 is 0 Å². The van der Waals surface area contributed by atoms with Crippen molar-refractivity contribution < 1.29 is 0 Å². The fourth-order valence-corrected chi connectivity index (χ4v) is 25.6. The quantitative estimate of drug-likeness (QED) is 0.156. The Morgan fingerprint density at radius 3 is 0.959 bits per heavy atom. The van der Waals surface area contributed by atoms with E-state index in [-0.39, 0.29) is 0 Å². The molecule has 4 aliphatic rings. The highest BCUT2D eigenvalue weighted by molar-refractivity contribution is 6.28. The first-order valence-corrected chi connectivity index (χ1v) is 50.3. The SMILES string of the molecule is c1cc(-c2ccc3c4cccc5c6ccccc6n(c3c2)c54)cc(-c2ncnc3c2Cc2ccccc2-3)c1.c1ccc(-c2cc(-c3ccc4c5cccc6c7ccccc7n(c4c3)c65)cc(-c3nccc4c3Cc3ccccc3-4)c2)cc1.c1ccc2c(c1)Cc1c(-c3ccc4c5cccc6c7ccccc7n(c4c3)c65)ncnc1-2.c1ccc2c(c1)Cc1cnc(-c3ccc4c5cccc6c7ccccc7n(c4c3)c65)nc1-2. The van der Waals surface area contributed by atoms with Crippen LogP contribution in [0.2, 0.25) is 0 Å². The molecule has 35 rings (SSSR count). The lowest BCUT2D eigenvalue weighted by atomic mass is 9.92. The van der Waals surface area contributed by atoms with Crippen molar-refractivity contribution in [3.05, 3.63) is 488 Å². The van der Waals surface area contributed by atoms with Crippen LogP contribution in [-0.4, -0.2) is 52.5 Å². The first-order chi connectivity index (χ1) is 72.4. The predicted octanol–water partition coefficient (Wildman–Crippen LogP) is 33.1. The summed E-state index contributed by atoms with van der Waals surface area (Å²) in [6, 6.07) is 152. The minimum atomic E-state index is 0.784. The van der Waals surface area contributed by atoms with Gasteiger partial charge in [-0.2, -0.15) is 0 Å². The van der Waals surface area contributed by atoms with E-state index in [9.17, 15) is 0 Å². The Hall–Kier alpha value is -19.2. The molecule has 0 radical (unpaired) electrons. The van der Waals surface area contributed by atoms with Gasteiger partial charge in [0, 0.05) is 180 Å². The van der Waals surface area contributed by atoms with E-state index < -0.39 is 0 Å². The van der Waals surface area contributed by atoms with Gasteiger partial charge >= 0.3 is 0 Å². The molecule has 19 aromatic carbocycles. The minimum Gasteiger partial charge on any atom is -0.308 e. The number of nitrogens with zero attached hydrogens (tertiary/aromatic N) is 11. The highest BCUT2D eigenvalue weighted by Gasteiger charge is 2.32. The van der Waals surface area contributed by atoms with Gasteiger partial charge in [0.15, 0.2) is 5.82 Å². The van der Waals surface area contributed by atoms with Crippen LogP contribution in [0.15, 0.2) is 444 Å². The smallest absolute Gasteiger partial charge is 0.159 e. The van der Waals surface area contributed by atoms with Crippen molar-refractivity contribution in [3.63, 3.8) is 0 Å². The van der Waals surface area contributed by atoms with Crippen molar-refractivity contribution in [3.8, 4) is 123 Å². The van der Waals surface area contributed by atoms with E-state index in [1.54, 1.807) is 12.7 Å². The summed E-state index contributed by atoms with van der Waals surface area (Å²) in [7, 11) is 0. The number of hydrogen-bond donors (Lipinski definition) is 0. The highest BCUT2D eigenvalue weighted by atomic mass is 15.0. The van der Waals surface area contributed by atoms with Gasteiger partial charge in [0.1, 0.15) is 12.7 Å². The van der Waals surface area contributed by atoms with Crippen LogP contribution in [0.4, 0.5) is 0 Å². The zero-order valence-corrected chi connectivity index (χ0v) is 78.9. The molecule has 0 unspecified atom stereocenters. The van der Waals surface area contributed by atoms with E-state index in [2.05, 4.69) is 446 Å². The van der Waals surface area contributed by atoms with Gasteiger partial charge in [0.05, 0.1) is 100 Å². The standard InChI is InChI=1S/C42H26N2.C35H21N3.2C29H17N3/c1-2-9-26(10-3-1)29-21-30(23-31(22-29)41-38-24-28-11-4-5-12-32(28)33(38)19-20-43-41)27-17-18-35-37-15-8-14-36-34-13-6-7-16-39(34)44(42(36)37)40(35)25-27;1-2-10-25-23(7-1)18-30-33(36-20-37-34(25)30)24-9-5-8-21(17-24)22-15-16-27-29-13-6-12-28-26-11-3-4-14-31(26)38(35(28)29)32(27)19-22;1-2-7-20-17(6-1)14-19-16-30-29(31-27(19)20)18-12-13-22-24-10-5-9-23-21-8-3-4-11-25(21)32(28(23)24)26(22)15-18;1-2-7-19-17(6-1)14-24-27(30-16-31-28(19)24)18-12-13-21-23-10-5-9-22-20-8-3-4-11-25(20)32(29(22)23)26(21)15-18/h1-23,25H,24H2;1-17,19-20H,18H2;2*1-13,15-16H,14H2. The molecule has 0 fully saturated rings. The maximum absolute atomic E-state index is 5.02. The van der Waals surface area contributed by atoms with Crippen LogP contribution in [0.5, 0.6) is 0 Å². The number of fused-ring (bicyclic) bond motifs is 36. The van der Waals surface area contributed by atoms with Gasteiger partial charge in [-0.3, -0.25) is 4.98 Å². The summed E-state index contributed by atoms with van der Waals surface area (Å²) in [6.07, 6.45) is 11.0. The van der Waals surface area contributed by atoms with Gasteiger partial charge < -0.3 is 17.6 Å². The molecule has 0 N–H and O–H groups in total. The first kappa shape index (κ1) is 80.6. The Labute approximate surface area is 836 Å². The van der Waals surface area contributed by atoms with Crippen LogP contribution < -0.4 is 0 Å². The molecule has 0 spiro atoms. The van der Waals surface area contributed by atoms with Gasteiger partial charge in [-0.25, -0.2) is 29.9 Å². The summed E-state index contributed by atoms with van der Waals surface area (Å²) in [4.78, 5) is 33.6. The zero-order valence-electron chi connectivity index (χ0n) is 78.9. The minimum absolute atomic E-state index is 0.784. The molecule has 146 heavy (non-hydrogen) atoms. The molecule has 12 heterocycles. The van der Waals surface area contributed by atoms with Gasteiger partial charge in [-0.15, -0.1) is 0 Å². The van der Waals surface area contributed by atoms with Crippen molar-refractivity contribution in [1.29, 1.82) is 0 Å². The molecule has 12 aromatic heterocycles. The number of benzene rings is 19. The number of para-hydroxylation sites is 8.